The average Bonchev–Trinajstić information content (AvgIpc) is 2.57. The van der Waals surface area contributed by atoms with Gasteiger partial charge in [0.25, 0.3) is 11.4 Å². The molecule has 0 aliphatic rings. The summed E-state index contributed by atoms with van der Waals surface area (Å²) in [5, 5.41) is 26.7. The zero-order valence-electron chi connectivity index (χ0n) is 13.3. The number of hydrogen-bond acceptors (Lipinski definition) is 6. The molecule has 4 aromatic rings. The van der Waals surface area contributed by atoms with Crippen molar-refractivity contribution in [2.24, 2.45) is 0 Å². The van der Waals surface area contributed by atoms with Gasteiger partial charge in [-0.05, 0) is 68.7 Å². The first-order chi connectivity index (χ1) is 12.3. The first-order valence-electron chi connectivity index (χ1n) is 7.62. The van der Waals surface area contributed by atoms with Gasteiger partial charge in [-0.15, -0.1) is 0 Å². The Bertz CT molecular complexity index is 1170. The summed E-state index contributed by atoms with van der Waals surface area (Å²) in [4.78, 5) is 21.1. The van der Waals surface area contributed by atoms with Gasteiger partial charge in [0.2, 0.25) is 0 Å². The van der Waals surface area contributed by atoms with Crippen molar-refractivity contribution in [1.82, 2.24) is 0 Å². The predicted octanol–water partition coefficient (Wildman–Crippen LogP) is 4.13. The third-order valence-corrected chi connectivity index (χ3v) is 4.44. The van der Waals surface area contributed by atoms with E-state index >= 15 is 0 Å². The largest absolute Gasteiger partial charge is 0.393 e. The van der Waals surface area contributed by atoms with Crippen LogP contribution < -0.4 is 11.5 Å². The summed E-state index contributed by atoms with van der Waals surface area (Å²) in [6, 6.07) is 13.4. The van der Waals surface area contributed by atoms with Gasteiger partial charge in [-0.25, -0.2) is 0 Å². The van der Waals surface area contributed by atoms with Gasteiger partial charge in [-0.2, -0.15) is 0 Å². The van der Waals surface area contributed by atoms with Crippen LogP contribution in [0.3, 0.4) is 0 Å². The Morgan fingerprint density at radius 2 is 0.808 bits per heavy atom. The highest BCUT2D eigenvalue weighted by molar-refractivity contribution is 6.07. The molecule has 0 atom stereocenters. The van der Waals surface area contributed by atoms with Crippen LogP contribution >= 0.6 is 0 Å². The van der Waals surface area contributed by atoms with E-state index in [9.17, 15) is 20.2 Å². The van der Waals surface area contributed by atoms with Gasteiger partial charge in [-0.1, -0.05) is 0 Å². The Morgan fingerprint density at radius 1 is 0.538 bits per heavy atom. The van der Waals surface area contributed by atoms with Gasteiger partial charge in [0.15, 0.2) is 0 Å². The topological polar surface area (TPSA) is 138 Å². The van der Waals surface area contributed by atoms with E-state index in [4.69, 9.17) is 11.5 Å². The molecule has 8 nitrogen and oxygen atoms in total. The van der Waals surface area contributed by atoms with Gasteiger partial charge >= 0.3 is 0 Å². The van der Waals surface area contributed by atoms with Crippen LogP contribution in [0, 0.1) is 20.2 Å². The highest BCUT2D eigenvalue weighted by Crippen LogP contribution is 2.34. The fraction of sp³-hybridized carbons (Fsp3) is 0. The zero-order valence-corrected chi connectivity index (χ0v) is 13.3. The molecule has 0 amide bonds. The Morgan fingerprint density at radius 3 is 1.12 bits per heavy atom. The quantitative estimate of drug-likeness (QED) is 0.242. The SMILES string of the molecule is Nc1cc2cc3cc4cc(N)c([N+](=O)[O-])cc4cc3cc2cc1[N+](=O)[O-]. The van der Waals surface area contributed by atoms with E-state index in [1.54, 1.807) is 24.3 Å². The van der Waals surface area contributed by atoms with Gasteiger partial charge in [0.05, 0.1) is 9.85 Å². The number of fused-ring (bicyclic) bond motifs is 3. The van der Waals surface area contributed by atoms with Crippen molar-refractivity contribution < 1.29 is 9.85 Å². The van der Waals surface area contributed by atoms with Crippen molar-refractivity contribution in [2.75, 3.05) is 11.5 Å². The Hall–Kier alpha value is -3.94. The van der Waals surface area contributed by atoms with Crippen LogP contribution in [0.1, 0.15) is 0 Å². The maximum atomic E-state index is 11.1. The molecule has 4 N–H and O–H groups in total. The van der Waals surface area contributed by atoms with E-state index in [0.29, 0.717) is 10.8 Å². The van der Waals surface area contributed by atoms with Crippen LogP contribution in [0.15, 0.2) is 48.5 Å². The molecule has 26 heavy (non-hydrogen) atoms. The lowest BCUT2D eigenvalue weighted by atomic mass is 9.98. The van der Waals surface area contributed by atoms with Crippen molar-refractivity contribution in [3.63, 3.8) is 0 Å². The van der Waals surface area contributed by atoms with E-state index in [-0.39, 0.29) is 22.7 Å². The molecule has 0 saturated carbocycles. The first kappa shape index (κ1) is 15.6. The first-order valence-corrected chi connectivity index (χ1v) is 7.62. The summed E-state index contributed by atoms with van der Waals surface area (Å²) < 4.78 is 0. The number of nitro groups is 2. The Balaban J connectivity index is 2.04. The summed E-state index contributed by atoms with van der Waals surface area (Å²) in [6.07, 6.45) is 0. The Kier molecular flexibility index (Phi) is 3.16. The molecule has 128 valence electrons. The highest BCUT2D eigenvalue weighted by Gasteiger charge is 2.15. The minimum Gasteiger partial charge on any atom is -0.393 e. The lowest BCUT2D eigenvalue weighted by Gasteiger charge is -2.07. The van der Waals surface area contributed by atoms with Crippen LogP contribution in [0.25, 0.3) is 32.3 Å². The number of nitrogens with two attached hydrogens (primary N) is 2. The summed E-state index contributed by atoms with van der Waals surface area (Å²) in [5.41, 5.74) is 11.4. The molecule has 0 aliphatic carbocycles. The van der Waals surface area contributed by atoms with Crippen molar-refractivity contribution >= 4 is 55.1 Å². The van der Waals surface area contributed by atoms with E-state index < -0.39 is 9.85 Å². The van der Waals surface area contributed by atoms with E-state index in [1.807, 2.05) is 12.1 Å². The number of benzene rings is 4. The van der Waals surface area contributed by atoms with Crippen molar-refractivity contribution in [2.45, 2.75) is 0 Å². The summed E-state index contributed by atoms with van der Waals surface area (Å²) in [5.74, 6) is 0. The maximum Gasteiger partial charge on any atom is 0.292 e. The van der Waals surface area contributed by atoms with Crippen molar-refractivity contribution in [1.29, 1.82) is 0 Å². The fourth-order valence-electron chi connectivity index (χ4n) is 3.18. The highest BCUT2D eigenvalue weighted by atomic mass is 16.6. The number of nitrogens with zero attached hydrogens (tertiary/aromatic N) is 2. The normalized spacial score (nSPS) is 11.2. The zero-order chi connectivity index (χ0) is 18.6. The molecule has 0 radical (unpaired) electrons. The number of anilines is 2. The van der Waals surface area contributed by atoms with E-state index in [0.717, 1.165) is 21.5 Å². The van der Waals surface area contributed by atoms with Crippen LogP contribution in [0.5, 0.6) is 0 Å². The third kappa shape index (κ3) is 2.32. The second kappa shape index (κ2) is 5.28. The van der Waals surface area contributed by atoms with E-state index in [2.05, 4.69) is 0 Å². The predicted molar refractivity (Wildman–Crippen MR) is 101 cm³/mol. The summed E-state index contributed by atoms with van der Waals surface area (Å²) in [7, 11) is 0. The lowest BCUT2D eigenvalue weighted by Crippen LogP contribution is -1.96. The minimum atomic E-state index is -0.522. The molecule has 4 rings (SSSR count). The van der Waals surface area contributed by atoms with Crippen LogP contribution in [0.2, 0.25) is 0 Å². The molecule has 0 aliphatic heterocycles. The minimum absolute atomic E-state index is 0.0995. The second-order valence-electron chi connectivity index (χ2n) is 6.08. The molecule has 0 spiro atoms. The van der Waals surface area contributed by atoms with Gasteiger partial charge in [0.1, 0.15) is 11.4 Å². The van der Waals surface area contributed by atoms with Gasteiger partial charge in [-0.3, -0.25) is 20.2 Å². The second-order valence-corrected chi connectivity index (χ2v) is 6.08. The molecule has 0 fully saturated rings. The molecule has 8 heteroatoms. The van der Waals surface area contributed by atoms with Gasteiger partial charge < -0.3 is 11.5 Å². The smallest absolute Gasteiger partial charge is 0.292 e. The molecular weight excluding hydrogens is 336 g/mol. The van der Waals surface area contributed by atoms with Crippen LogP contribution in [-0.2, 0) is 0 Å². The maximum absolute atomic E-state index is 11.1. The number of rotatable bonds is 2. The molecule has 0 aromatic heterocycles. The van der Waals surface area contributed by atoms with Crippen LogP contribution in [-0.4, -0.2) is 9.85 Å². The summed E-state index contributed by atoms with van der Waals surface area (Å²) >= 11 is 0. The summed E-state index contributed by atoms with van der Waals surface area (Å²) in [6.45, 7) is 0. The number of hydrogen-bond donors (Lipinski definition) is 2. The number of nitrogen functional groups attached to an aromatic ring is 2. The molecule has 4 aromatic carbocycles. The van der Waals surface area contributed by atoms with Gasteiger partial charge in [0, 0.05) is 12.1 Å². The van der Waals surface area contributed by atoms with Crippen LogP contribution in [0.4, 0.5) is 22.7 Å². The third-order valence-electron chi connectivity index (χ3n) is 4.44. The molecule has 0 heterocycles. The van der Waals surface area contributed by atoms with Crippen molar-refractivity contribution in [3.05, 3.63) is 68.8 Å². The molecule has 0 bridgehead atoms. The molecule has 0 saturated heterocycles. The molecule has 0 unspecified atom stereocenters. The van der Waals surface area contributed by atoms with E-state index in [1.165, 1.54) is 12.1 Å². The number of nitro benzene ring substituents is 2. The Labute approximate surface area is 145 Å². The lowest BCUT2D eigenvalue weighted by molar-refractivity contribution is -0.383. The molecular formula is C18H12N4O4. The monoisotopic (exact) mass is 348 g/mol. The standard InChI is InChI=1S/C18H12N4O4/c19-15-5-11-1-9-2-12-6-16(20)18(22(25)26)8-14(12)4-10(9)3-13(11)7-17(15)21(23)24/h1-8H,19-20H2. The fourth-order valence-corrected chi connectivity index (χ4v) is 3.18. The average molecular weight is 348 g/mol. The van der Waals surface area contributed by atoms with Crippen molar-refractivity contribution in [3.8, 4) is 0 Å².